The van der Waals surface area contributed by atoms with E-state index in [4.69, 9.17) is 23.2 Å². The molecule has 5 nitrogen and oxygen atoms in total. The third kappa shape index (κ3) is 2.78. The van der Waals surface area contributed by atoms with Gasteiger partial charge in [0, 0.05) is 25.2 Å². The van der Waals surface area contributed by atoms with E-state index in [1.54, 1.807) is 0 Å². The van der Waals surface area contributed by atoms with Crippen molar-refractivity contribution >= 4 is 29.2 Å². The van der Waals surface area contributed by atoms with Crippen molar-refractivity contribution in [1.82, 2.24) is 19.9 Å². The second-order valence-electron chi connectivity index (χ2n) is 5.32. The first-order valence-corrected chi connectivity index (χ1v) is 7.47. The van der Waals surface area contributed by atoms with Crippen LogP contribution in [0, 0.1) is 0 Å². The molecule has 1 aromatic heterocycles. The summed E-state index contributed by atoms with van der Waals surface area (Å²) in [6.45, 7) is 5.39. The predicted molar refractivity (Wildman–Crippen MR) is 75.9 cm³/mol. The summed E-state index contributed by atoms with van der Waals surface area (Å²) in [6.07, 6.45) is 3.87. The molecule has 2 fully saturated rings. The van der Waals surface area contributed by atoms with E-state index in [0.717, 1.165) is 13.1 Å². The van der Waals surface area contributed by atoms with Gasteiger partial charge in [0.05, 0.1) is 0 Å². The van der Waals surface area contributed by atoms with Gasteiger partial charge in [0.1, 0.15) is 0 Å². The zero-order valence-corrected chi connectivity index (χ0v) is 12.4. The Balaban J connectivity index is 1.83. The van der Waals surface area contributed by atoms with Crippen molar-refractivity contribution in [2.75, 3.05) is 24.5 Å². The number of halogens is 2. The Bertz CT molecular complexity index is 449. The summed E-state index contributed by atoms with van der Waals surface area (Å²) >= 11 is 11.7. The molecule has 104 valence electrons. The molecular formula is C12H17Cl2N5. The number of aromatic nitrogens is 3. The number of fused-ring (bicyclic) bond motifs is 1. The van der Waals surface area contributed by atoms with Crippen molar-refractivity contribution in [1.29, 1.82) is 0 Å². The number of rotatable bonds is 1. The number of hydrogen-bond acceptors (Lipinski definition) is 5. The van der Waals surface area contributed by atoms with Crippen LogP contribution in [0.2, 0.25) is 10.6 Å². The third-order valence-corrected chi connectivity index (χ3v) is 4.35. The first kappa shape index (κ1) is 13.3. The van der Waals surface area contributed by atoms with Gasteiger partial charge in [-0.05, 0) is 49.5 Å². The molecule has 0 aromatic carbocycles. The molecule has 3 heterocycles. The van der Waals surface area contributed by atoms with E-state index >= 15 is 0 Å². The van der Waals surface area contributed by atoms with Crippen molar-refractivity contribution in [2.45, 2.75) is 38.3 Å². The van der Waals surface area contributed by atoms with Crippen LogP contribution >= 0.6 is 23.2 Å². The molecular weight excluding hydrogens is 285 g/mol. The van der Waals surface area contributed by atoms with Crippen LogP contribution in [0.1, 0.15) is 26.2 Å². The van der Waals surface area contributed by atoms with Crippen molar-refractivity contribution < 1.29 is 0 Å². The monoisotopic (exact) mass is 301 g/mol. The SMILES string of the molecule is CC1CN2CCCCC2CN1c1nc(Cl)nc(Cl)n1. The Morgan fingerprint density at radius 2 is 1.79 bits per heavy atom. The van der Waals surface area contributed by atoms with Crippen LogP contribution in [0.25, 0.3) is 0 Å². The normalized spacial score (nSPS) is 28.3. The fourth-order valence-electron chi connectivity index (χ4n) is 3.08. The van der Waals surface area contributed by atoms with Crippen molar-refractivity contribution in [3.8, 4) is 0 Å². The molecule has 2 aliphatic heterocycles. The van der Waals surface area contributed by atoms with Crippen LogP contribution < -0.4 is 4.90 Å². The predicted octanol–water partition coefficient (Wildman–Crippen LogP) is 2.24. The van der Waals surface area contributed by atoms with Crippen LogP contribution in [-0.4, -0.2) is 51.6 Å². The van der Waals surface area contributed by atoms with Gasteiger partial charge < -0.3 is 4.90 Å². The molecule has 0 amide bonds. The van der Waals surface area contributed by atoms with E-state index in [-0.39, 0.29) is 10.6 Å². The third-order valence-electron chi connectivity index (χ3n) is 4.01. The van der Waals surface area contributed by atoms with E-state index in [1.165, 1.54) is 25.8 Å². The minimum absolute atomic E-state index is 0.160. The second-order valence-corrected chi connectivity index (χ2v) is 6.00. The first-order chi connectivity index (χ1) is 9.13. The maximum Gasteiger partial charge on any atom is 0.231 e. The molecule has 0 saturated carbocycles. The van der Waals surface area contributed by atoms with E-state index in [1.807, 2.05) is 0 Å². The molecule has 0 radical (unpaired) electrons. The lowest BCUT2D eigenvalue weighted by Gasteiger charge is -2.47. The molecule has 0 bridgehead atoms. The molecule has 19 heavy (non-hydrogen) atoms. The quantitative estimate of drug-likeness (QED) is 0.796. The van der Waals surface area contributed by atoms with Gasteiger partial charge in [0.2, 0.25) is 16.5 Å². The number of piperidine rings is 1. The molecule has 3 rings (SSSR count). The largest absolute Gasteiger partial charge is 0.335 e. The lowest BCUT2D eigenvalue weighted by molar-refractivity contribution is 0.115. The van der Waals surface area contributed by atoms with Gasteiger partial charge >= 0.3 is 0 Å². The summed E-state index contributed by atoms with van der Waals surface area (Å²) in [5.74, 6) is 0.600. The van der Waals surface area contributed by atoms with Gasteiger partial charge in [0.25, 0.3) is 0 Å². The van der Waals surface area contributed by atoms with Crippen molar-refractivity contribution in [3.63, 3.8) is 0 Å². The molecule has 2 unspecified atom stereocenters. The lowest BCUT2D eigenvalue weighted by Crippen LogP contribution is -2.59. The molecule has 0 spiro atoms. The van der Waals surface area contributed by atoms with Gasteiger partial charge in [-0.2, -0.15) is 15.0 Å². The van der Waals surface area contributed by atoms with Crippen molar-refractivity contribution in [2.24, 2.45) is 0 Å². The van der Waals surface area contributed by atoms with E-state index in [0.29, 0.717) is 18.0 Å². The highest BCUT2D eigenvalue weighted by Crippen LogP contribution is 2.27. The molecule has 7 heteroatoms. The second kappa shape index (κ2) is 5.38. The number of hydrogen-bond donors (Lipinski definition) is 0. The highest BCUT2D eigenvalue weighted by Gasteiger charge is 2.34. The number of nitrogens with zero attached hydrogens (tertiary/aromatic N) is 5. The minimum atomic E-state index is 0.160. The van der Waals surface area contributed by atoms with Crippen LogP contribution in [-0.2, 0) is 0 Å². The summed E-state index contributed by atoms with van der Waals surface area (Å²) in [5.41, 5.74) is 0. The maximum atomic E-state index is 5.87. The average Bonchev–Trinajstić information content (AvgIpc) is 2.36. The standard InChI is InChI=1S/C12H17Cl2N5/c1-8-6-18-5-3-2-4-9(18)7-19(8)12-16-10(13)15-11(14)17-12/h8-9H,2-7H2,1H3. The highest BCUT2D eigenvalue weighted by molar-refractivity contribution is 6.31. The summed E-state index contributed by atoms with van der Waals surface area (Å²) in [6, 6.07) is 0.961. The fraction of sp³-hybridized carbons (Fsp3) is 0.750. The zero-order chi connectivity index (χ0) is 13.4. The minimum Gasteiger partial charge on any atom is -0.335 e. The molecule has 1 aromatic rings. The van der Waals surface area contributed by atoms with Gasteiger partial charge in [-0.25, -0.2) is 0 Å². The van der Waals surface area contributed by atoms with Crippen LogP contribution in [0.5, 0.6) is 0 Å². The lowest BCUT2D eigenvalue weighted by atomic mass is 9.97. The number of piperazine rings is 1. The fourth-order valence-corrected chi connectivity index (χ4v) is 3.43. The highest BCUT2D eigenvalue weighted by atomic mass is 35.5. The van der Waals surface area contributed by atoms with Crippen LogP contribution in [0.3, 0.4) is 0 Å². The number of anilines is 1. The van der Waals surface area contributed by atoms with Gasteiger partial charge in [-0.3, -0.25) is 4.90 Å². The summed E-state index contributed by atoms with van der Waals surface area (Å²) < 4.78 is 0. The molecule has 2 saturated heterocycles. The molecule has 2 atom stereocenters. The van der Waals surface area contributed by atoms with Crippen LogP contribution in [0.15, 0.2) is 0 Å². The van der Waals surface area contributed by atoms with Gasteiger partial charge in [0.15, 0.2) is 0 Å². The molecule has 2 aliphatic rings. The van der Waals surface area contributed by atoms with Gasteiger partial charge in [-0.15, -0.1) is 0 Å². The van der Waals surface area contributed by atoms with Crippen LogP contribution in [0.4, 0.5) is 5.95 Å². The Morgan fingerprint density at radius 3 is 2.53 bits per heavy atom. The topological polar surface area (TPSA) is 45.2 Å². The smallest absolute Gasteiger partial charge is 0.231 e. The summed E-state index contributed by atoms with van der Waals surface area (Å²) in [5, 5.41) is 0.321. The Labute approximate surface area is 122 Å². The van der Waals surface area contributed by atoms with E-state index in [9.17, 15) is 0 Å². The first-order valence-electron chi connectivity index (χ1n) is 6.71. The average molecular weight is 302 g/mol. The summed E-state index contributed by atoms with van der Waals surface area (Å²) in [4.78, 5) is 17.0. The molecule has 0 N–H and O–H groups in total. The Kier molecular flexibility index (Phi) is 3.78. The van der Waals surface area contributed by atoms with E-state index in [2.05, 4.69) is 31.7 Å². The Hall–Kier alpha value is -0.650. The zero-order valence-electron chi connectivity index (χ0n) is 10.9. The molecule has 0 aliphatic carbocycles. The van der Waals surface area contributed by atoms with Crippen molar-refractivity contribution in [3.05, 3.63) is 10.6 Å². The Morgan fingerprint density at radius 1 is 1.05 bits per heavy atom. The van der Waals surface area contributed by atoms with Gasteiger partial charge in [-0.1, -0.05) is 6.42 Å². The maximum absolute atomic E-state index is 5.87. The van der Waals surface area contributed by atoms with E-state index < -0.39 is 0 Å². The summed E-state index contributed by atoms with van der Waals surface area (Å²) in [7, 11) is 0.